The number of thioether (sulfide) groups is 2. The van der Waals surface area contributed by atoms with E-state index in [-0.39, 0.29) is 5.91 Å². The fourth-order valence-electron chi connectivity index (χ4n) is 2.61. The molecule has 0 aliphatic carbocycles. The first-order valence-electron chi connectivity index (χ1n) is 9.59. The highest BCUT2D eigenvalue weighted by atomic mass is 32.2. The van der Waals surface area contributed by atoms with E-state index in [1.165, 1.54) is 15.4 Å². The van der Waals surface area contributed by atoms with Crippen molar-refractivity contribution in [3.63, 3.8) is 0 Å². The van der Waals surface area contributed by atoms with Crippen LogP contribution in [0.2, 0.25) is 0 Å². The average molecular weight is 424 g/mol. The highest BCUT2D eigenvalue weighted by Gasteiger charge is 2.05. The average Bonchev–Trinajstić information content (AvgIpc) is 2.76. The highest BCUT2D eigenvalue weighted by molar-refractivity contribution is 7.99. The maximum absolute atomic E-state index is 12.3. The predicted octanol–water partition coefficient (Wildman–Crippen LogP) is 5.69. The molecule has 0 bridgehead atoms. The van der Waals surface area contributed by atoms with Gasteiger partial charge in [-0.1, -0.05) is 35.9 Å². The molecule has 5 heteroatoms. The minimum absolute atomic E-state index is 0.0549. The molecule has 0 atom stereocenters. The number of aryl methyl sites for hydroxylation is 1. The molecule has 3 aromatic carbocycles. The summed E-state index contributed by atoms with van der Waals surface area (Å²) in [4.78, 5) is 14.7. The first-order chi connectivity index (χ1) is 14.2. The fourth-order valence-corrected chi connectivity index (χ4v) is 4.13. The van der Waals surface area contributed by atoms with Crippen molar-refractivity contribution in [2.24, 2.45) is 0 Å². The van der Waals surface area contributed by atoms with E-state index in [4.69, 9.17) is 4.74 Å². The lowest BCUT2D eigenvalue weighted by Crippen LogP contribution is -2.25. The predicted molar refractivity (Wildman–Crippen MR) is 123 cm³/mol. The van der Waals surface area contributed by atoms with Crippen LogP contribution in [-0.2, 0) is 0 Å². The molecule has 3 nitrogen and oxygen atoms in total. The van der Waals surface area contributed by atoms with Gasteiger partial charge in [-0.15, -0.1) is 23.5 Å². The third-order valence-electron chi connectivity index (χ3n) is 4.16. The second-order valence-corrected chi connectivity index (χ2v) is 8.79. The number of rotatable bonds is 10. The van der Waals surface area contributed by atoms with Crippen molar-refractivity contribution in [3.8, 4) is 5.75 Å². The van der Waals surface area contributed by atoms with Crippen molar-refractivity contribution in [2.75, 3.05) is 24.7 Å². The van der Waals surface area contributed by atoms with Crippen LogP contribution in [0.25, 0.3) is 0 Å². The molecule has 0 aromatic heterocycles. The van der Waals surface area contributed by atoms with Gasteiger partial charge in [0.1, 0.15) is 5.75 Å². The van der Waals surface area contributed by atoms with Gasteiger partial charge in [0.2, 0.25) is 0 Å². The number of nitrogens with one attached hydrogen (secondary N) is 1. The molecule has 0 fully saturated rings. The summed E-state index contributed by atoms with van der Waals surface area (Å²) >= 11 is 3.51. The molecular weight excluding hydrogens is 398 g/mol. The van der Waals surface area contributed by atoms with E-state index in [9.17, 15) is 4.79 Å². The van der Waals surface area contributed by atoms with E-state index < -0.39 is 0 Å². The minimum atomic E-state index is -0.0549. The van der Waals surface area contributed by atoms with Crippen LogP contribution in [-0.4, -0.2) is 30.6 Å². The van der Waals surface area contributed by atoms with Gasteiger partial charge in [0.25, 0.3) is 5.91 Å². The summed E-state index contributed by atoms with van der Waals surface area (Å²) in [5, 5.41) is 2.97. The highest BCUT2D eigenvalue weighted by Crippen LogP contribution is 2.19. The van der Waals surface area contributed by atoms with Crippen molar-refractivity contribution in [1.29, 1.82) is 0 Å². The van der Waals surface area contributed by atoms with Gasteiger partial charge in [-0.25, -0.2) is 0 Å². The van der Waals surface area contributed by atoms with Gasteiger partial charge in [-0.2, -0.15) is 0 Å². The molecule has 0 spiro atoms. The molecule has 0 radical (unpaired) electrons. The Balaban J connectivity index is 1.34. The summed E-state index contributed by atoms with van der Waals surface area (Å²) in [6, 6.07) is 26.0. The van der Waals surface area contributed by atoms with Crippen LogP contribution in [0, 0.1) is 6.92 Å². The summed E-state index contributed by atoms with van der Waals surface area (Å²) < 4.78 is 5.76. The number of ether oxygens (including phenoxy) is 1. The van der Waals surface area contributed by atoms with Crippen molar-refractivity contribution in [3.05, 3.63) is 90.0 Å². The third-order valence-corrected chi connectivity index (χ3v) is 6.15. The van der Waals surface area contributed by atoms with Gasteiger partial charge in [-0.3, -0.25) is 4.79 Å². The van der Waals surface area contributed by atoms with E-state index in [1.807, 2.05) is 42.5 Å². The lowest BCUT2D eigenvalue weighted by Gasteiger charge is -2.08. The van der Waals surface area contributed by atoms with Gasteiger partial charge in [0.05, 0.1) is 6.61 Å². The van der Waals surface area contributed by atoms with E-state index >= 15 is 0 Å². The number of amides is 1. The van der Waals surface area contributed by atoms with E-state index in [2.05, 4.69) is 48.6 Å². The smallest absolute Gasteiger partial charge is 0.251 e. The summed E-state index contributed by atoms with van der Waals surface area (Å²) in [5.41, 5.74) is 1.90. The zero-order chi connectivity index (χ0) is 20.3. The maximum atomic E-state index is 12.3. The number of carbonyl (C=O) groups excluding carboxylic acids is 1. The van der Waals surface area contributed by atoms with Gasteiger partial charge in [0, 0.05) is 33.4 Å². The van der Waals surface area contributed by atoms with Crippen molar-refractivity contribution < 1.29 is 9.53 Å². The summed E-state index contributed by atoms with van der Waals surface area (Å²) in [6.45, 7) is 3.34. The summed E-state index contributed by atoms with van der Waals surface area (Å²) in [6.07, 6.45) is 0. The van der Waals surface area contributed by atoms with Crippen LogP contribution in [0.3, 0.4) is 0 Å². The Morgan fingerprint density at radius 3 is 2.21 bits per heavy atom. The number of carbonyl (C=O) groups is 1. The largest absolute Gasteiger partial charge is 0.493 e. The second kappa shape index (κ2) is 11.6. The molecule has 0 heterocycles. The first-order valence-corrected chi connectivity index (χ1v) is 11.6. The zero-order valence-electron chi connectivity index (χ0n) is 16.5. The Bertz CT molecular complexity index is 881. The summed E-state index contributed by atoms with van der Waals surface area (Å²) in [5.74, 6) is 2.45. The van der Waals surface area contributed by atoms with Gasteiger partial charge >= 0.3 is 0 Å². The van der Waals surface area contributed by atoms with Crippen molar-refractivity contribution in [1.82, 2.24) is 5.32 Å². The monoisotopic (exact) mass is 423 g/mol. The quantitative estimate of drug-likeness (QED) is 0.336. The van der Waals surface area contributed by atoms with Crippen LogP contribution in [0.15, 0.2) is 88.7 Å². The standard InChI is InChI=1S/C24H25NO2S2/c1-19-7-13-23(14-8-19)28-17-15-25-24(26)20-9-11-21(12-10-20)27-16-18-29-22-5-3-2-4-6-22/h2-14H,15-18H2,1H3,(H,25,26). The molecule has 3 aromatic rings. The van der Waals surface area contributed by atoms with Crippen molar-refractivity contribution in [2.45, 2.75) is 16.7 Å². The second-order valence-electron chi connectivity index (χ2n) is 6.45. The lowest BCUT2D eigenvalue weighted by atomic mass is 10.2. The topological polar surface area (TPSA) is 38.3 Å². The molecule has 0 saturated heterocycles. The van der Waals surface area contributed by atoms with Gasteiger partial charge in [0.15, 0.2) is 0 Å². The van der Waals surface area contributed by atoms with E-state index in [0.29, 0.717) is 18.7 Å². The van der Waals surface area contributed by atoms with Crippen molar-refractivity contribution >= 4 is 29.4 Å². The summed E-state index contributed by atoms with van der Waals surface area (Å²) in [7, 11) is 0. The Morgan fingerprint density at radius 2 is 1.48 bits per heavy atom. The Morgan fingerprint density at radius 1 is 0.828 bits per heavy atom. The number of hydrogen-bond acceptors (Lipinski definition) is 4. The van der Waals surface area contributed by atoms with Gasteiger partial charge < -0.3 is 10.1 Å². The molecule has 0 aliphatic rings. The lowest BCUT2D eigenvalue weighted by molar-refractivity contribution is 0.0956. The first kappa shape index (κ1) is 21.3. The van der Waals surface area contributed by atoms with Crippen LogP contribution in [0.4, 0.5) is 0 Å². The Hall–Kier alpha value is -2.37. The zero-order valence-corrected chi connectivity index (χ0v) is 18.1. The van der Waals surface area contributed by atoms with E-state index in [1.54, 1.807) is 23.5 Å². The molecule has 1 N–H and O–H groups in total. The SMILES string of the molecule is Cc1ccc(SCCNC(=O)c2ccc(OCCSc3ccccc3)cc2)cc1. The van der Waals surface area contributed by atoms with Crippen LogP contribution < -0.4 is 10.1 Å². The number of benzene rings is 3. The molecule has 150 valence electrons. The fraction of sp³-hybridized carbons (Fsp3) is 0.208. The van der Waals surface area contributed by atoms with Crippen LogP contribution >= 0.6 is 23.5 Å². The number of hydrogen-bond donors (Lipinski definition) is 1. The molecular formula is C24H25NO2S2. The Labute approximate surface area is 181 Å². The molecule has 0 aliphatic heterocycles. The van der Waals surface area contributed by atoms with E-state index in [0.717, 1.165) is 17.3 Å². The molecule has 3 rings (SSSR count). The Kier molecular flexibility index (Phi) is 8.53. The van der Waals surface area contributed by atoms with Crippen LogP contribution in [0.1, 0.15) is 15.9 Å². The molecule has 29 heavy (non-hydrogen) atoms. The third kappa shape index (κ3) is 7.52. The van der Waals surface area contributed by atoms with Gasteiger partial charge in [-0.05, 0) is 55.5 Å². The molecule has 0 unspecified atom stereocenters. The minimum Gasteiger partial charge on any atom is -0.493 e. The molecule has 1 amide bonds. The maximum Gasteiger partial charge on any atom is 0.251 e. The van der Waals surface area contributed by atoms with Crippen LogP contribution in [0.5, 0.6) is 5.75 Å². The molecule has 0 saturated carbocycles. The normalized spacial score (nSPS) is 10.5.